The molecule has 1 fully saturated rings. The van der Waals surface area contributed by atoms with Gasteiger partial charge >= 0.3 is 0 Å². The van der Waals surface area contributed by atoms with Gasteiger partial charge in [0, 0.05) is 69.0 Å². The molecular weight excluding hydrogens is 500 g/mol. The first-order valence-electron chi connectivity index (χ1n) is 12.8. The Morgan fingerprint density at radius 2 is 1.84 bits per heavy atom. The molecule has 0 atom stereocenters. The minimum atomic E-state index is -3.80. The number of benzene rings is 1. The SMILES string of the molecule is N#CCCN1CCC(n2c(CCn3cccn3)nc3cnc4c(ccn4S(=O)(=O)c4ccccc4)c32)CC1. The lowest BCUT2D eigenvalue weighted by Crippen LogP contribution is -2.35. The van der Waals surface area contributed by atoms with Gasteiger partial charge in [-0.15, -0.1) is 0 Å². The van der Waals surface area contributed by atoms with E-state index in [1.165, 1.54) is 3.97 Å². The smallest absolute Gasteiger partial charge is 0.269 e. The summed E-state index contributed by atoms with van der Waals surface area (Å²) in [7, 11) is -3.80. The van der Waals surface area contributed by atoms with Gasteiger partial charge in [-0.1, -0.05) is 18.2 Å². The number of imidazole rings is 1. The number of hydrogen-bond donors (Lipinski definition) is 0. The summed E-state index contributed by atoms with van der Waals surface area (Å²) in [6.07, 6.45) is 10.1. The average molecular weight is 529 g/mol. The number of aromatic nitrogens is 6. The molecule has 4 aromatic heterocycles. The molecule has 1 aliphatic heterocycles. The molecule has 11 heteroatoms. The highest BCUT2D eigenvalue weighted by atomic mass is 32.2. The van der Waals surface area contributed by atoms with Crippen molar-refractivity contribution in [3.05, 3.63) is 73.1 Å². The molecule has 6 rings (SSSR count). The predicted octanol–water partition coefficient (Wildman–Crippen LogP) is 3.61. The van der Waals surface area contributed by atoms with E-state index in [0.717, 1.165) is 54.7 Å². The van der Waals surface area contributed by atoms with Crippen molar-refractivity contribution in [1.82, 2.24) is 33.2 Å². The number of piperidine rings is 1. The molecule has 5 aromatic rings. The summed E-state index contributed by atoms with van der Waals surface area (Å²) in [6, 6.07) is 14.6. The Balaban J connectivity index is 1.44. The molecule has 5 heterocycles. The Bertz CT molecular complexity index is 1710. The topological polar surface area (TPSA) is 115 Å². The van der Waals surface area contributed by atoms with E-state index in [9.17, 15) is 8.42 Å². The van der Waals surface area contributed by atoms with Crippen LogP contribution in [0.2, 0.25) is 0 Å². The van der Waals surface area contributed by atoms with Crippen molar-refractivity contribution >= 4 is 32.1 Å². The van der Waals surface area contributed by atoms with E-state index >= 15 is 0 Å². The van der Waals surface area contributed by atoms with Crippen LogP contribution in [0.15, 0.2) is 72.1 Å². The molecule has 0 bridgehead atoms. The maximum Gasteiger partial charge on any atom is 0.269 e. The van der Waals surface area contributed by atoms with E-state index in [1.807, 2.05) is 23.0 Å². The van der Waals surface area contributed by atoms with Gasteiger partial charge in [-0.05, 0) is 37.1 Å². The first-order chi connectivity index (χ1) is 18.6. The second kappa shape index (κ2) is 10.0. The zero-order chi connectivity index (χ0) is 26.1. The van der Waals surface area contributed by atoms with Crippen LogP contribution in [0.4, 0.5) is 0 Å². The molecule has 10 nitrogen and oxygen atoms in total. The standard InChI is InChI=1S/C27H28N8O2S/c28-12-4-14-32-16-8-21(9-17-32)35-25(11-18-33-15-5-13-30-33)31-24-20-29-27-23(26(24)35)10-19-34(27)38(36,37)22-6-2-1-3-7-22/h1-3,5-7,10,13,15,19-21H,4,8-9,11,14,16-18H2. The van der Waals surface area contributed by atoms with Crippen molar-refractivity contribution in [1.29, 1.82) is 5.26 Å². The van der Waals surface area contributed by atoms with Gasteiger partial charge in [0.25, 0.3) is 10.0 Å². The normalized spacial score (nSPS) is 15.3. The van der Waals surface area contributed by atoms with Gasteiger partial charge in [-0.25, -0.2) is 22.4 Å². The van der Waals surface area contributed by atoms with E-state index in [2.05, 4.69) is 25.6 Å². The third-order valence-corrected chi connectivity index (χ3v) is 8.97. The van der Waals surface area contributed by atoms with Gasteiger partial charge in [-0.3, -0.25) is 4.68 Å². The largest absolute Gasteiger partial charge is 0.324 e. The molecule has 0 amide bonds. The lowest BCUT2D eigenvalue weighted by Gasteiger charge is -2.33. The van der Waals surface area contributed by atoms with Crippen LogP contribution in [0, 0.1) is 11.3 Å². The maximum atomic E-state index is 13.5. The highest BCUT2D eigenvalue weighted by molar-refractivity contribution is 7.90. The molecule has 1 aromatic carbocycles. The minimum Gasteiger partial charge on any atom is -0.324 e. The molecule has 0 unspecified atom stereocenters. The van der Waals surface area contributed by atoms with Gasteiger partial charge < -0.3 is 9.47 Å². The van der Waals surface area contributed by atoms with Crippen LogP contribution in [-0.2, 0) is 23.0 Å². The Labute approximate surface area is 220 Å². The molecule has 38 heavy (non-hydrogen) atoms. The van der Waals surface area contributed by atoms with Crippen LogP contribution < -0.4 is 0 Å². The highest BCUT2D eigenvalue weighted by Gasteiger charge is 2.27. The number of hydrogen-bond acceptors (Lipinski definition) is 7. The number of nitrogens with zero attached hydrogens (tertiary/aromatic N) is 8. The molecule has 194 valence electrons. The molecule has 0 spiro atoms. The van der Waals surface area contributed by atoms with Crippen LogP contribution >= 0.6 is 0 Å². The molecule has 0 radical (unpaired) electrons. The Kier molecular flexibility index (Phi) is 6.43. The van der Waals surface area contributed by atoms with Gasteiger partial charge in [0.15, 0.2) is 5.65 Å². The second-order valence-corrected chi connectivity index (χ2v) is 11.4. The number of pyridine rings is 1. The second-order valence-electron chi connectivity index (χ2n) is 9.56. The number of nitriles is 1. The van der Waals surface area contributed by atoms with Crippen molar-refractivity contribution < 1.29 is 8.42 Å². The van der Waals surface area contributed by atoms with Gasteiger partial charge in [-0.2, -0.15) is 10.4 Å². The lowest BCUT2D eigenvalue weighted by atomic mass is 10.0. The fraction of sp³-hybridized carbons (Fsp3) is 0.333. The van der Waals surface area contributed by atoms with Gasteiger partial charge in [0.1, 0.15) is 11.3 Å². The number of fused-ring (bicyclic) bond motifs is 3. The zero-order valence-electron chi connectivity index (χ0n) is 20.9. The molecule has 1 saturated heterocycles. The summed E-state index contributed by atoms with van der Waals surface area (Å²) in [4.78, 5) is 12.1. The number of likely N-dealkylation sites (tertiary alicyclic amines) is 1. The van der Waals surface area contributed by atoms with Crippen LogP contribution in [0.5, 0.6) is 0 Å². The van der Waals surface area contributed by atoms with Crippen LogP contribution in [0.1, 0.15) is 31.1 Å². The minimum absolute atomic E-state index is 0.214. The van der Waals surface area contributed by atoms with Crippen LogP contribution in [0.3, 0.4) is 0 Å². The summed E-state index contributed by atoms with van der Waals surface area (Å²) in [6.45, 7) is 3.29. The Morgan fingerprint density at radius 1 is 1.03 bits per heavy atom. The maximum absolute atomic E-state index is 13.5. The van der Waals surface area contributed by atoms with E-state index in [-0.39, 0.29) is 10.9 Å². The van der Waals surface area contributed by atoms with Crippen molar-refractivity contribution in [3.8, 4) is 6.07 Å². The summed E-state index contributed by atoms with van der Waals surface area (Å²) < 4.78 is 32.4. The molecular formula is C27H28N8O2S. The van der Waals surface area contributed by atoms with Crippen LogP contribution in [-0.4, -0.2) is 61.2 Å². The Hall–Kier alpha value is -4.01. The number of rotatable bonds is 8. The van der Waals surface area contributed by atoms with E-state index in [4.69, 9.17) is 10.2 Å². The first-order valence-corrected chi connectivity index (χ1v) is 14.2. The fourth-order valence-corrected chi connectivity index (χ4v) is 6.74. The van der Waals surface area contributed by atoms with E-state index in [0.29, 0.717) is 25.0 Å². The quantitative estimate of drug-likeness (QED) is 0.302. The molecule has 1 aliphatic rings. The zero-order valence-corrected chi connectivity index (χ0v) is 21.7. The molecule has 0 saturated carbocycles. The van der Waals surface area contributed by atoms with Crippen molar-refractivity contribution in [2.45, 2.75) is 43.2 Å². The van der Waals surface area contributed by atoms with Crippen molar-refractivity contribution in [2.75, 3.05) is 19.6 Å². The summed E-state index contributed by atoms with van der Waals surface area (Å²) >= 11 is 0. The summed E-state index contributed by atoms with van der Waals surface area (Å²) in [5, 5.41) is 14.1. The van der Waals surface area contributed by atoms with Crippen LogP contribution in [0.25, 0.3) is 22.1 Å². The Morgan fingerprint density at radius 3 is 2.58 bits per heavy atom. The predicted molar refractivity (Wildman–Crippen MR) is 143 cm³/mol. The number of aryl methyl sites for hydroxylation is 2. The first kappa shape index (κ1) is 24.3. The van der Waals surface area contributed by atoms with Gasteiger partial charge in [0.05, 0.1) is 22.7 Å². The van der Waals surface area contributed by atoms with E-state index in [1.54, 1.807) is 48.9 Å². The average Bonchev–Trinajstić information content (AvgIpc) is 3.70. The monoisotopic (exact) mass is 528 g/mol. The summed E-state index contributed by atoms with van der Waals surface area (Å²) in [5.74, 6) is 0.943. The summed E-state index contributed by atoms with van der Waals surface area (Å²) in [5.41, 5.74) is 2.07. The lowest BCUT2D eigenvalue weighted by molar-refractivity contribution is 0.190. The molecule has 0 aliphatic carbocycles. The van der Waals surface area contributed by atoms with E-state index < -0.39 is 10.0 Å². The van der Waals surface area contributed by atoms with Crippen molar-refractivity contribution in [3.63, 3.8) is 0 Å². The third kappa shape index (κ3) is 4.36. The third-order valence-electron chi connectivity index (χ3n) is 7.29. The fourth-order valence-electron chi connectivity index (χ4n) is 5.42. The van der Waals surface area contributed by atoms with Gasteiger partial charge in [0.2, 0.25) is 0 Å². The highest BCUT2D eigenvalue weighted by Crippen LogP contribution is 2.34. The van der Waals surface area contributed by atoms with Crippen molar-refractivity contribution in [2.24, 2.45) is 0 Å². The molecule has 0 N–H and O–H groups in total.